The van der Waals surface area contributed by atoms with Gasteiger partial charge in [0.25, 0.3) is 0 Å². The first kappa shape index (κ1) is 9.49. The fraction of sp³-hybridized carbons (Fsp3) is 0.444. The lowest BCUT2D eigenvalue weighted by Gasteiger charge is -2.24. The molecule has 1 aromatic rings. The van der Waals surface area contributed by atoms with E-state index in [0.29, 0.717) is 5.25 Å². The Bertz CT molecular complexity index is 314. The van der Waals surface area contributed by atoms with Crippen molar-refractivity contribution in [2.24, 2.45) is 0 Å². The number of pyridine rings is 1. The lowest BCUT2D eigenvalue weighted by molar-refractivity contribution is 0.0454. The fourth-order valence-corrected chi connectivity index (χ4v) is 2.27. The summed E-state index contributed by atoms with van der Waals surface area (Å²) in [5.41, 5.74) is 1.05. The van der Waals surface area contributed by atoms with Gasteiger partial charge in [-0.3, -0.25) is 0 Å². The van der Waals surface area contributed by atoms with Crippen LogP contribution in [0.15, 0.2) is 21.6 Å². The molecular weight excluding hydrogens is 250 g/mol. The molecule has 4 heteroatoms. The van der Waals surface area contributed by atoms with Crippen molar-refractivity contribution in [3.63, 3.8) is 0 Å². The zero-order valence-electron chi connectivity index (χ0n) is 7.29. The van der Waals surface area contributed by atoms with E-state index in [0.717, 1.165) is 28.4 Å². The average Bonchev–Trinajstić information content (AvgIpc) is 2.04. The van der Waals surface area contributed by atoms with Crippen LogP contribution in [0.3, 0.4) is 0 Å². The molecule has 0 unspecified atom stereocenters. The van der Waals surface area contributed by atoms with Crippen molar-refractivity contribution in [1.82, 2.24) is 4.98 Å². The molecule has 0 amide bonds. The second-order valence-corrected chi connectivity index (χ2v) is 5.17. The zero-order chi connectivity index (χ0) is 9.26. The number of aromatic nitrogens is 1. The topological polar surface area (TPSA) is 22.1 Å². The first-order valence-electron chi connectivity index (χ1n) is 4.13. The second-order valence-electron chi connectivity index (χ2n) is 2.99. The molecule has 2 heterocycles. The van der Waals surface area contributed by atoms with E-state index in [-0.39, 0.29) is 0 Å². The molecule has 0 aromatic carbocycles. The maximum Gasteiger partial charge on any atom is 0.0968 e. The Balaban J connectivity index is 2.07. The third kappa shape index (κ3) is 2.24. The van der Waals surface area contributed by atoms with Crippen molar-refractivity contribution in [2.75, 3.05) is 13.2 Å². The highest BCUT2D eigenvalue weighted by molar-refractivity contribution is 9.10. The highest BCUT2D eigenvalue weighted by Gasteiger charge is 2.20. The number of aryl methyl sites for hydroxylation is 1. The molecular formula is C9H10BrNOS. The van der Waals surface area contributed by atoms with E-state index < -0.39 is 0 Å². The van der Waals surface area contributed by atoms with Gasteiger partial charge in [0.2, 0.25) is 0 Å². The van der Waals surface area contributed by atoms with Crippen molar-refractivity contribution in [1.29, 1.82) is 0 Å². The summed E-state index contributed by atoms with van der Waals surface area (Å²) in [6.07, 6.45) is 0. The van der Waals surface area contributed by atoms with Crippen LogP contribution in [0, 0.1) is 6.92 Å². The molecule has 1 aliphatic rings. The molecule has 0 radical (unpaired) electrons. The minimum atomic E-state index is 0.605. The molecule has 1 aromatic heterocycles. The van der Waals surface area contributed by atoms with Crippen LogP contribution >= 0.6 is 27.7 Å². The van der Waals surface area contributed by atoms with Gasteiger partial charge in [-0.15, -0.1) is 0 Å². The van der Waals surface area contributed by atoms with Gasteiger partial charge in [0.1, 0.15) is 0 Å². The maximum absolute atomic E-state index is 5.10. The monoisotopic (exact) mass is 259 g/mol. The highest BCUT2D eigenvalue weighted by atomic mass is 79.9. The molecule has 0 spiro atoms. The van der Waals surface area contributed by atoms with E-state index >= 15 is 0 Å². The third-order valence-electron chi connectivity index (χ3n) is 1.89. The Labute approximate surface area is 90.2 Å². The first-order valence-corrected chi connectivity index (χ1v) is 5.80. The summed E-state index contributed by atoms with van der Waals surface area (Å²) in [7, 11) is 0. The average molecular weight is 260 g/mol. The smallest absolute Gasteiger partial charge is 0.0968 e. The Hall–Kier alpha value is -0.0600. The molecule has 0 atom stereocenters. The number of hydrogen-bond donors (Lipinski definition) is 0. The SMILES string of the molecule is Cc1nc(SC2COC2)ccc1Br. The van der Waals surface area contributed by atoms with Gasteiger partial charge in [-0.25, -0.2) is 4.98 Å². The van der Waals surface area contributed by atoms with E-state index in [4.69, 9.17) is 4.74 Å². The lowest BCUT2D eigenvalue weighted by Crippen LogP contribution is -2.30. The zero-order valence-corrected chi connectivity index (χ0v) is 9.69. The quantitative estimate of drug-likeness (QED) is 0.816. The van der Waals surface area contributed by atoms with E-state index in [1.54, 1.807) is 11.8 Å². The predicted octanol–water partition coefficient (Wildman–Crippen LogP) is 2.64. The number of ether oxygens (including phenoxy) is 1. The van der Waals surface area contributed by atoms with Gasteiger partial charge < -0.3 is 4.74 Å². The van der Waals surface area contributed by atoms with Crippen molar-refractivity contribution in [2.45, 2.75) is 17.2 Å². The number of thioether (sulfide) groups is 1. The standard InChI is InChI=1S/C9H10BrNOS/c1-6-8(10)2-3-9(11-6)13-7-4-12-5-7/h2-3,7H,4-5H2,1H3. The van der Waals surface area contributed by atoms with Crippen LogP contribution in [-0.4, -0.2) is 23.4 Å². The largest absolute Gasteiger partial charge is 0.379 e. The number of rotatable bonds is 2. The summed E-state index contributed by atoms with van der Waals surface area (Å²) in [6, 6.07) is 4.09. The lowest BCUT2D eigenvalue weighted by atomic mass is 10.4. The molecule has 1 saturated heterocycles. The molecule has 2 nitrogen and oxygen atoms in total. The van der Waals surface area contributed by atoms with Crippen molar-refractivity contribution in [3.05, 3.63) is 22.3 Å². The Morgan fingerprint density at radius 3 is 2.85 bits per heavy atom. The normalized spacial score (nSPS) is 17.1. The van der Waals surface area contributed by atoms with Gasteiger partial charge in [0.15, 0.2) is 0 Å². The molecule has 70 valence electrons. The minimum absolute atomic E-state index is 0.605. The van der Waals surface area contributed by atoms with Crippen LogP contribution in [0.2, 0.25) is 0 Å². The van der Waals surface area contributed by atoms with Crippen LogP contribution < -0.4 is 0 Å². The molecule has 0 N–H and O–H groups in total. The van der Waals surface area contributed by atoms with Gasteiger partial charge in [-0.1, -0.05) is 11.8 Å². The summed E-state index contributed by atoms with van der Waals surface area (Å²) < 4.78 is 6.17. The van der Waals surface area contributed by atoms with Crippen LogP contribution in [0.5, 0.6) is 0 Å². The fourth-order valence-electron chi connectivity index (χ4n) is 1.04. The third-order valence-corrected chi connectivity index (χ3v) is 3.80. The van der Waals surface area contributed by atoms with Gasteiger partial charge >= 0.3 is 0 Å². The van der Waals surface area contributed by atoms with E-state index in [1.807, 2.05) is 19.1 Å². The second kappa shape index (κ2) is 3.98. The van der Waals surface area contributed by atoms with Gasteiger partial charge in [0, 0.05) is 4.47 Å². The van der Waals surface area contributed by atoms with Gasteiger partial charge in [-0.05, 0) is 35.0 Å². The predicted molar refractivity (Wildman–Crippen MR) is 57.1 cm³/mol. The van der Waals surface area contributed by atoms with E-state index in [9.17, 15) is 0 Å². The van der Waals surface area contributed by atoms with Crippen LogP contribution in [0.1, 0.15) is 5.69 Å². The highest BCUT2D eigenvalue weighted by Crippen LogP contribution is 2.27. The van der Waals surface area contributed by atoms with E-state index in [1.165, 1.54) is 0 Å². The number of hydrogen-bond acceptors (Lipinski definition) is 3. The van der Waals surface area contributed by atoms with Crippen molar-refractivity contribution < 1.29 is 4.74 Å². The van der Waals surface area contributed by atoms with Gasteiger partial charge in [-0.2, -0.15) is 0 Å². The van der Waals surface area contributed by atoms with Crippen LogP contribution in [0.25, 0.3) is 0 Å². The summed E-state index contributed by atoms with van der Waals surface area (Å²) in [6.45, 7) is 3.73. The Morgan fingerprint density at radius 1 is 1.54 bits per heavy atom. The molecule has 0 bridgehead atoms. The number of nitrogens with zero attached hydrogens (tertiary/aromatic N) is 1. The summed E-state index contributed by atoms with van der Waals surface area (Å²) in [5.74, 6) is 0. The summed E-state index contributed by atoms with van der Waals surface area (Å²) >= 11 is 5.23. The first-order chi connectivity index (χ1) is 6.25. The number of halogens is 1. The Morgan fingerprint density at radius 2 is 2.31 bits per heavy atom. The van der Waals surface area contributed by atoms with Crippen molar-refractivity contribution in [3.8, 4) is 0 Å². The van der Waals surface area contributed by atoms with Gasteiger partial charge in [0.05, 0.1) is 29.2 Å². The molecule has 0 aliphatic carbocycles. The Kier molecular flexibility index (Phi) is 2.91. The van der Waals surface area contributed by atoms with Crippen LogP contribution in [0.4, 0.5) is 0 Å². The summed E-state index contributed by atoms with van der Waals surface area (Å²) in [4.78, 5) is 4.46. The molecule has 0 saturated carbocycles. The maximum atomic E-state index is 5.10. The molecule has 13 heavy (non-hydrogen) atoms. The molecule has 1 fully saturated rings. The van der Waals surface area contributed by atoms with E-state index in [2.05, 4.69) is 20.9 Å². The summed E-state index contributed by atoms with van der Waals surface area (Å²) in [5, 5.41) is 1.70. The van der Waals surface area contributed by atoms with Crippen molar-refractivity contribution >= 4 is 27.7 Å². The van der Waals surface area contributed by atoms with Crippen LogP contribution in [-0.2, 0) is 4.74 Å². The molecule has 2 rings (SSSR count). The molecule has 1 aliphatic heterocycles. The minimum Gasteiger partial charge on any atom is -0.379 e.